The molecular weight excluding hydrogens is 604 g/mol. The fraction of sp³-hybridized carbons (Fsp3) is 0.517. The van der Waals surface area contributed by atoms with Gasteiger partial charge in [-0.3, -0.25) is 0 Å². The first-order chi connectivity index (χ1) is 21.5. The zero-order valence-corrected chi connectivity index (χ0v) is 24.1. The zero-order chi connectivity index (χ0) is 32.6. The molecule has 11 atom stereocenters. The highest BCUT2D eigenvalue weighted by atomic mass is 16.7. The summed E-state index contributed by atoms with van der Waals surface area (Å²) in [6.45, 7) is -1.38. The van der Waals surface area contributed by atoms with Gasteiger partial charge in [0.1, 0.15) is 71.8 Å². The number of hydrogen-bond acceptors (Lipinski definition) is 16. The van der Waals surface area contributed by atoms with Crippen molar-refractivity contribution in [1.82, 2.24) is 0 Å². The van der Waals surface area contributed by atoms with Crippen LogP contribution >= 0.6 is 0 Å². The van der Waals surface area contributed by atoms with Crippen molar-refractivity contribution in [2.45, 2.75) is 67.5 Å². The summed E-state index contributed by atoms with van der Waals surface area (Å²) in [5.74, 6) is 0.282. The minimum absolute atomic E-state index is 0.0229. The highest BCUT2D eigenvalue weighted by Crippen LogP contribution is 2.46. The smallest absolute Gasteiger partial charge is 0.229 e. The normalized spacial score (nSPS) is 34.6. The molecule has 3 aliphatic heterocycles. The van der Waals surface area contributed by atoms with Crippen LogP contribution in [0.25, 0.3) is 6.08 Å². The molecule has 0 saturated carbocycles. The van der Waals surface area contributed by atoms with Gasteiger partial charge < -0.3 is 79.1 Å². The predicted molar refractivity (Wildman–Crippen MR) is 148 cm³/mol. The maximum absolute atomic E-state index is 10.7. The number of rotatable bonds is 9. The Morgan fingerprint density at radius 2 is 1.29 bits per heavy atom. The number of aliphatic hydroxyl groups excluding tert-OH is 8. The first kappa shape index (κ1) is 33.0. The van der Waals surface area contributed by atoms with Crippen LogP contribution in [0.1, 0.15) is 17.2 Å². The first-order valence-electron chi connectivity index (χ1n) is 13.9. The van der Waals surface area contributed by atoms with Gasteiger partial charge in [-0.1, -0.05) is 6.07 Å². The monoisotopic (exact) mass is 640 g/mol. The van der Waals surface area contributed by atoms with E-state index in [-0.39, 0.29) is 40.1 Å². The van der Waals surface area contributed by atoms with Gasteiger partial charge >= 0.3 is 0 Å². The lowest BCUT2D eigenvalue weighted by molar-refractivity contribution is -0.293. The van der Waals surface area contributed by atoms with E-state index in [2.05, 4.69) is 0 Å². The van der Waals surface area contributed by atoms with Crippen molar-refractivity contribution in [2.75, 3.05) is 27.4 Å². The molecule has 2 saturated heterocycles. The van der Waals surface area contributed by atoms with Crippen LogP contribution in [-0.4, -0.2) is 135 Å². The maximum atomic E-state index is 10.7. The Morgan fingerprint density at radius 1 is 0.689 bits per heavy atom. The second-order valence-electron chi connectivity index (χ2n) is 10.6. The number of benzene rings is 2. The molecule has 0 aromatic heterocycles. The van der Waals surface area contributed by atoms with E-state index in [4.69, 9.17) is 33.2 Å². The molecule has 16 nitrogen and oxygen atoms in total. The SMILES string of the molecule is COc1cc2c(c(OC3OC(CO)C(O)C(O)C3O)c1)C=C(OC1OC(CO)C(O)C(O)C1O)C(c1ccc(O)c(OC)c1)O2. The molecule has 0 bridgehead atoms. The van der Waals surface area contributed by atoms with E-state index in [0.29, 0.717) is 5.56 Å². The predicted octanol–water partition coefficient (Wildman–Crippen LogP) is -2.12. The Bertz CT molecular complexity index is 1360. The van der Waals surface area contributed by atoms with Crippen molar-refractivity contribution < 1.29 is 79.1 Å². The summed E-state index contributed by atoms with van der Waals surface area (Å²) in [4.78, 5) is 0. The highest BCUT2D eigenvalue weighted by molar-refractivity contribution is 5.70. The summed E-state index contributed by atoms with van der Waals surface area (Å²) < 4.78 is 39.9. The van der Waals surface area contributed by atoms with Crippen molar-refractivity contribution >= 4 is 6.08 Å². The first-order valence-corrected chi connectivity index (χ1v) is 13.9. The van der Waals surface area contributed by atoms with Gasteiger partial charge in [-0.15, -0.1) is 0 Å². The van der Waals surface area contributed by atoms with Crippen LogP contribution in [0.15, 0.2) is 36.1 Å². The standard InChI is InChI=1S/C29H36O16/c1-39-12-6-15-13(16(7-12)42-28-25(37)23(35)21(33)19(9-30)44-28)8-18(27(41-15)11-3-4-14(32)17(5-11)40-2)43-29-26(38)24(36)22(34)20(10-31)45-29/h3-8,19-38H,9-10H2,1-2H3. The second-order valence-corrected chi connectivity index (χ2v) is 10.6. The Hall–Kier alpha value is -3.42. The van der Waals surface area contributed by atoms with Gasteiger partial charge in [0.05, 0.1) is 33.0 Å². The molecule has 45 heavy (non-hydrogen) atoms. The van der Waals surface area contributed by atoms with Crippen LogP contribution in [-0.2, 0) is 14.2 Å². The molecule has 3 heterocycles. The van der Waals surface area contributed by atoms with Gasteiger partial charge in [-0.25, -0.2) is 0 Å². The molecule has 16 heteroatoms. The van der Waals surface area contributed by atoms with Gasteiger partial charge in [-0.2, -0.15) is 0 Å². The summed E-state index contributed by atoms with van der Waals surface area (Å²) in [6.07, 6.45) is -15.6. The number of methoxy groups -OCH3 is 2. The number of phenolic OH excluding ortho intramolecular Hbond substituents is 1. The van der Waals surface area contributed by atoms with Crippen molar-refractivity contribution in [3.8, 4) is 28.7 Å². The number of aliphatic hydroxyl groups is 8. The summed E-state index contributed by atoms with van der Waals surface area (Å²) >= 11 is 0. The summed E-state index contributed by atoms with van der Waals surface area (Å²) in [5.41, 5.74) is 0.583. The second kappa shape index (κ2) is 13.5. The molecule has 3 aliphatic rings. The van der Waals surface area contributed by atoms with Crippen molar-refractivity contribution in [2.24, 2.45) is 0 Å². The third-order valence-corrected chi connectivity index (χ3v) is 7.80. The molecule has 248 valence electrons. The molecule has 2 fully saturated rings. The Labute approximate surface area is 256 Å². The Morgan fingerprint density at radius 3 is 1.84 bits per heavy atom. The van der Waals surface area contributed by atoms with Crippen molar-refractivity contribution in [1.29, 1.82) is 0 Å². The fourth-order valence-corrected chi connectivity index (χ4v) is 5.21. The quantitative estimate of drug-likeness (QED) is 0.142. The fourth-order valence-electron chi connectivity index (χ4n) is 5.21. The van der Waals surface area contributed by atoms with Gasteiger partial charge in [0, 0.05) is 17.7 Å². The molecule has 2 aromatic rings. The number of aromatic hydroxyl groups is 1. The van der Waals surface area contributed by atoms with E-state index in [9.17, 15) is 46.0 Å². The van der Waals surface area contributed by atoms with Gasteiger partial charge in [0.2, 0.25) is 12.6 Å². The molecule has 9 N–H and O–H groups in total. The third kappa shape index (κ3) is 6.34. The average Bonchev–Trinajstić information content (AvgIpc) is 3.05. The maximum Gasteiger partial charge on any atom is 0.229 e. The molecule has 5 rings (SSSR count). The lowest BCUT2D eigenvalue weighted by Gasteiger charge is -2.41. The largest absolute Gasteiger partial charge is 0.504 e. The summed E-state index contributed by atoms with van der Waals surface area (Å²) in [7, 11) is 2.73. The lowest BCUT2D eigenvalue weighted by atomic mass is 9.98. The van der Waals surface area contributed by atoms with Gasteiger partial charge in [0.15, 0.2) is 17.6 Å². The van der Waals surface area contributed by atoms with Crippen molar-refractivity contribution in [3.05, 3.63) is 47.2 Å². The Balaban J connectivity index is 1.57. The molecule has 0 aliphatic carbocycles. The number of ether oxygens (including phenoxy) is 7. The topological polar surface area (TPSA) is 247 Å². The average molecular weight is 641 g/mol. The van der Waals surface area contributed by atoms with Gasteiger partial charge in [-0.05, 0) is 18.2 Å². The van der Waals surface area contributed by atoms with Crippen LogP contribution in [0.4, 0.5) is 0 Å². The third-order valence-electron chi connectivity index (χ3n) is 7.80. The van der Waals surface area contributed by atoms with Crippen LogP contribution in [0, 0.1) is 0 Å². The lowest BCUT2D eigenvalue weighted by Crippen LogP contribution is -2.60. The van der Waals surface area contributed by atoms with Crippen LogP contribution in [0.3, 0.4) is 0 Å². The van der Waals surface area contributed by atoms with Gasteiger partial charge in [0.25, 0.3) is 0 Å². The highest BCUT2D eigenvalue weighted by Gasteiger charge is 2.47. The van der Waals surface area contributed by atoms with Crippen LogP contribution < -0.4 is 18.9 Å². The molecule has 0 spiro atoms. The zero-order valence-electron chi connectivity index (χ0n) is 24.1. The minimum atomic E-state index is -1.76. The number of fused-ring (bicyclic) bond motifs is 1. The van der Waals surface area contributed by atoms with E-state index in [1.165, 1.54) is 50.6 Å². The molecular formula is C29H36O16. The van der Waals surface area contributed by atoms with Crippen LogP contribution in [0.2, 0.25) is 0 Å². The number of hydrogen-bond donors (Lipinski definition) is 9. The molecule has 2 aromatic carbocycles. The Kier molecular flexibility index (Phi) is 9.90. The molecule has 11 unspecified atom stereocenters. The van der Waals surface area contributed by atoms with E-state index >= 15 is 0 Å². The van der Waals surface area contributed by atoms with Crippen molar-refractivity contribution in [3.63, 3.8) is 0 Å². The van der Waals surface area contributed by atoms with E-state index < -0.39 is 80.7 Å². The molecule has 0 amide bonds. The summed E-state index contributed by atoms with van der Waals surface area (Å²) in [6, 6.07) is 7.28. The van der Waals surface area contributed by atoms with E-state index in [1.807, 2.05) is 0 Å². The minimum Gasteiger partial charge on any atom is -0.504 e. The molecule has 0 radical (unpaired) electrons. The van der Waals surface area contributed by atoms with E-state index in [0.717, 1.165) is 0 Å². The van der Waals surface area contributed by atoms with E-state index in [1.54, 1.807) is 0 Å². The summed E-state index contributed by atoms with van der Waals surface area (Å²) in [5, 5.41) is 91.6. The number of phenols is 1. The van der Waals surface area contributed by atoms with Crippen LogP contribution in [0.5, 0.6) is 28.7 Å².